The molecule has 0 unspecified atom stereocenters. The van der Waals surface area contributed by atoms with Gasteiger partial charge in [0.25, 0.3) is 0 Å². The Morgan fingerprint density at radius 1 is 1.19 bits per heavy atom. The van der Waals surface area contributed by atoms with Crippen LogP contribution in [0.5, 0.6) is 5.75 Å². The smallest absolute Gasteiger partial charge is 0.313 e. The van der Waals surface area contributed by atoms with Gasteiger partial charge in [-0.1, -0.05) is 6.07 Å². The lowest BCUT2D eigenvalue weighted by Gasteiger charge is -2.26. The van der Waals surface area contributed by atoms with Crippen molar-refractivity contribution in [3.63, 3.8) is 0 Å². The second-order valence-electron chi connectivity index (χ2n) is 8.53. The highest BCUT2D eigenvalue weighted by Gasteiger charge is 2.38. The van der Waals surface area contributed by atoms with Crippen molar-refractivity contribution in [2.45, 2.75) is 38.2 Å². The van der Waals surface area contributed by atoms with E-state index in [0.717, 1.165) is 53.9 Å². The zero-order chi connectivity index (χ0) is 22.4. The number of aryl methyl sites for hydroxylation is 1. The maximum Gasteiger partial charge on any atom is 0.313 e. The number of fused-ring (bicyclic) bond motifs is 1. The van der Waals surface area contributed by atoms with Gasteiger partial charge in [0, 0.05) is 25.2 Å². The molecule has 0 radical (unpaired) electrons. The third-order valence-corrected chi connectivity index (χ3v) is 6.44. The first-order chi connectivity index (χ1) is 15.4. The zero-order valence-corrected chi connectivity index (χ0v) is 17.8. The molecule has 3 aliphatic heterocycles. The molecular formula is C24H25N3O5. The van der Waals surface area contributed by atoms with Crippen molar-refractivity contribution in [1.82, 2.24) is 5.32 Å². The van der Waals surface area contributed by atoms with Crippen LogP contribution < -0.4 is 20.3 Å². The first kappa shape index (κ1) is 20.5. The molecule has 0 saturated heterocycles. The molecule has 2 aromatic carbocycles. The van der Waals surface area contributed by atoms with E-state index in [0.29, 0.717) is 17.9 Å². The number of aliphatic hydroxyl groups excluding tert-OH is 1. The first-order valence-corrected chi connectivity index (χ1v) is 10.9. The summed E-state index contributed by atoms with van der Waals surface area (Å²) in [5, 5.41) is 15.5. The Morgan fingerprint density at radius 3 is 2.88 bits per heavy atom. The molecule has 3 amide bonds. The predicted octanol–water partition coefficient (Wildman–Crippen LogP) is 1.81. The van der Waals surface area contributed by atoms with Gasteiger partial charge in [-0.3, -0.25) is 14.4 Å². The number of nitrogens with zero attached hydrogens (tertiary/aromatic N) is 1. The van der Waals surface area contributed by atoms with Gasteiger partial charge < -0.3 is 25.4 Å². The third-order valence-electron chi connectivity index (χ3n) is 6.44. The molecule has 0 aromatic heterocycles. The van der Waals surface area contributed by atoms with Crippen molar-refractivity contribution in [2.75, 3.05) is 29.9 Å². The fourth-order valence-electron chi connectivity index (χ4n) is 4.76. The molecule has 3 heterocycles. The molecule has 0 aliphatic carbocycles. The summed E-state index contributed by atoms with van der Waals surface area (Å²) in [4.78, 5) is 39.1. The molecular weight excluding hydrogens is 410 g/mol. The molecule has 0 spiro atoms. The van der Waals surface area contributed by atoms with E-state index in [-0.39, 0.29) is 18.4 Å². The summed E-state index contributed by atoms with van der Waals surface area (Å²) in [7, 11) is 0. The van der Waals surface area contributed by atoms with Crippen molar-refractivity contribution in [3.8, 4) is 5.75 Å². The van der Waals surface area contributed by atoms with Gasteiger partial charge in [0.15, 0.2) is 0 Å². The molecule has 8 nitrogen and oxygen atoms in total. The van der Waals surface area contributed by atoms with Crippen molar-refractivity contribution in [1.29, 1.82) is 0 Å². The number of anilines is 2. The van der Waals surface area contributed by atoms with Crippen LogP contribution in [0.15, 0.2) is 30.3 Å². The van der Waals surface area contributed by atoms with Gasteiger partial charge in [-0.15, -0.1) is 0 Å². The van der Waals surface area contributed by atoms with Crippen LogP contribution in [-0.2, 0) is 27.2 Å². The van der Waals surface area contributed by atoms with Gasteiger partial charge in [-0.25, -0.2) is 0 Å². The monoisotopic (exact) mass is 435 g/mol. The fraction of sp³-hybridized carbons (Fsp3) is 0.375. The summed E-state index contributed by atoms with van der Waals surface area (Å²) in [5.41, 5.74) is 5.05. The summed E-state index contributed by atoms with van der Waals surface area (Å²) >= 11 is 0. The Balaban J connectivity index is 1.23. The molecule has 3 aliphatic rings. The average Bonchev–Trinajstić information content (AvgIpc) is 3.36. The number of carbonyl (C=O) groups is 3. The lowest BCUT2D eigenvalue weighted by molar-refractivity contribution is -0.136. The summed E-state index contributed by atoms with van der Waals surface area (Å²) in [6.45, 7) is 3.13. The van der Waals surface area contributed by atoms with Crippen molar-refractivity contribution >= 4 is 29.1 Å². The predicted molar refractivity (Wildman–Crippen MR) is 118 cm³/mol. The lowest BCUT2D eigenvalue weighted by atomic mass is 9.96. The topological polar surface area (TPSA) is 108 Å². The van der Waals surface area contributed by atoms with Crippen LogP contribution >= 0.6 is 0 Å². The second kappa shape index (κ2) is 7.94. The highest BCUT2D eigenvalue weighted by atomic mass is 16.5. The molecule has 2 atom stereocenters. The van der Waals surface area contributed by atoms with E-state index in [9.17, 15) is 19.5 Å². The maximum atomic E-state index is 12.5. The van der Waals surface area contributed by atoms with Crippen molar-refractivity contribution < 1.29 is 24.2 Å². The summed E-state index contributed by atoms with van der Waals surface area (Å²) in [5.74, 6) is -1.00. The summed E-state index contributed by atoms with van der Waals surface area (Å²) < 4.78 is 5.46. The number of amides is 3. The van der Waals surface area contributed by atoms with Crippen LogP contribution in [0.25, 0.3) is 0 Å². The SMILES string of the molecule is C[C@@H]1C(=O)N2CCCc3cc(NC(=O)C(=O)NC[C@@H](O)c4ccc5c(c4)CCO5)cc1c32. The van der Waals surface area contributed by atoms with Gasteiger partial charge in [-0.2, -0.15) is 0 Å². The maximum absolute atomic E-state index is 12.5. The van der Waals surface area contributed by atoms with Crippen molar-refractivity contribution in [2.24, 2.45) is 0 Å². The van der Waals surface area contributed by atoms with Crippen LogP contribution in [0.3, 0.4) is 0 Å². The number of carbonyl (C=O) groups excluding carboxylic acids is 3. The quantitative estimate of drug-likeness (QED) is 0.635. The summed E-state index contributed by atoms with van der Waals surface area (Å²) in [6, 6.07) is 9.04. The van der Waals surface area contributed by atoms with E-state index < -0.39 is 17.9 Å². The van der Waals surface area contributed by atoms with Crippen LogP contribution in [-0.4, -0.2) is 42.5 Å². The average molecular weight is 435 g/mol. The van der Waals surface area contributed by atoms with Gasteiger partial charge >= 0.3 is 11.8 Å². The van der Waals surface area contributed by atoms with E-state index >= 15 is 0 Å². The fourth-order valence-corrected chi connectivity index (χ4v) is 4.76. The van der Waals surface area contributed by atoms with E-state index in [1.165, 1.54) is 0 Å². The molecule has 32 heavy (non-hydrogen) atoms. The molecule has 2 aromatic rings. The van der Waals surface area contributed by atoms with E-state index in [4.69, 9.17) is 4.74 Å². The van der Waals surface area contributed by atoms with Gasteiger partial charge in [0.1, 0.15) is 5.75 Å². The van der Waals surface area contributed by atoms with Crippen LogP contribution in [0.2, 0.25) is 0 Å². The molecule has 0 bridgehead atoms. The number of aliphatic hydroxyl groups is 1. The molecule has 0 fully saturated rings. The van der Waals surface area contributed by atoms with Gasteiger partial charge in [-0.05, 0) is 66.3 Å². The Kier molecular flexibility index (Phi) is 5.09. The van der Waals surface area contributed by atoms with E-state index in [2.05, 4.69) is 10.6 Å². The Labute approximate surface area is 185 Å². The molecule has 5 rings (SSSR count). The van der Waals surface area contributed by atoms with Crippen molar-refractivity contribution in [3.05, 3.63) is 52.6 Å². The van der Waals surface area contributed by atoms with E-state index in [1.54, 1.807) is 12.1 Å². The number of rotatable bonds is 4. The third kappa shape index (κ3) is 3.50. The minimum Gasteiger partial charge on any atom is -0.493 e. The van der Waals surface area contributed by atoms with Gasteiger partial charge in [0.05, 0.1) is 24.3 Å². The van der Waals surface area contributed by atoms with Crippen LogP contribution in [0.1, 0.15) is 47.6 Å². The Hall–Kier alpha value is -3.39. The Morgan fingerprint density at radius 2 is 2.03 bits per heavy atom. The largest absolute Gasteiger partial charge is 0.493 e. The number of hydrogen-bond acceptors (Lipinski definition) is 5. The van der Waals surface area contributed by atoms with Gasteiger partial charge in [0.2, 0.25) is 5.91 Å². The highest BCUT2D eigenvalue weighted by Crippen LogP contribution is 2.44. The molecule has 8 heteroatoms. The molecule has 3 N–H and O–H groups in total. The number of nitrogens with one attached hydrogen (secondary N) is 2. The standard InChI is InChI=1S/C24H25N3O5/c1-13-18-11-17(10-16-3-2-7-27(21(16)18)24(13)31)26-23(30)22(29)25-12-19(28)14-4-5-20-15(9-14)6-8-32-20/h4-5,9-11,13,19,28H,2-3,6-8,12H2,1H3,(H,25,29)(H,26,30)/t13-,19+/m0/s1. The second-order valence-corrected chi connectivity index (χ2v) is 8.53. The zero-order valence-electron chi connectivity index (χ0n) is 17.8. The lowest BCUT2D eigenvalue weighted by Crippen LogP contribution is -2.37. The minimum absolute atomic E-state index is 0.0780. The molecule has 0 saturated carbocycles. The van der Waals surface area contributed by atoms with Crippen LogP contribution in [0, 0.1) is 0 Å². The minimum atomic E-state index is -0.931. The highest BCUT2D eigenvalue weighted by molar-refractivity contribution is 6.39. The van der Waals surface area contributed by atoms with Crippen LogP contribution in [0.4, 0.5) is 11.4 Å². The normalized spacial score (nSPS) is 19.1. The number of ether oxygens (including phenoxy) is 1. The number of benzene rings is 2. The first-order valence-electron chi connectivity index (χ1n) is 10.9. The number of hydrogen-bond donors (Lipinski definition) is 3. The molecule has 166 valence electrons. The Bertz CT molecular complexity index is 1130. The summed E-state index contributed by atoms with van der Waals surface area (Å²) in [6.07, 6.45) is 1.55. The van der Waals surface area contributed by atoms with E-state index in [1.807, 2.05) is 30.0 Å².